The predicted molar refractivity (Wildman–Crippen MR) is 130 cm³/mol. The van der Waals surface area contributed by atoms with Gasteiger partial charge in [-0.15, -0.1) is 0 Å². The zero-order valence-electron chi connectivity index (χ0n) is 19.6. The van der Waals surface area contributed by atoms with Crippen LogP contribution in [0.5, 0.6) is 0 Å². The second kappa shape index (κ2) is 10.0. The van der Waals surface area contributed by atoms with Crippen molar-refractivity contribution >= 4 is 18.0 Å². The van der Waals surface area contributed by atoms with E-state index in [1.807, 2.05) is 78.9 Å². The Kier molecular flexibility index (Phi) is 6.87. The molecule has 0 aliphatic heterocycles. The van der Waals surface area contributed by atoms with Crippen molar-refractivity contribution in [1.82, 2.24) is 5.32 Å². The minimum absolute atomic E-state index is 0.0394. The van der Waals surface area contributed by atoms with Gasteiger partial charge in [-0.1, -0.05) is 78.9 Å². The zero-order chi connectivity index (χ0) is 25.0. The Balaban J connectivity index is 1.37. The lowest BCUT2D eigenvalue weighted by atomic mass is 9.98. The van der Waals surface area contributed by atoms with Crippen molar-refractivity contribution < 1.29 is 29.0 Å². The molecule has 0 spiro atoms. The third kappa shape index (κ3) is 5.35. The largest absolute Gasteiger partial charge is 0.480 e. The molecule has 0 bridgehead atoms. The number of alkyl carbamates (subject to hydrolysis) is 1. The molecule has 35 heavy (non-hydrogen) atoms. The fourth-order valence-corrected chi connectivity index (χ4v) is 4.37. The molecule has 3 aromatic carbocycles. The van der Waals surface area contributed by atoms with E-state index in [2.05, 4.69) is 5.32 Å². The number of carbonyl (C=O) groups excluding carboxylic acids is 2. The van der Waals surface area contributed by atoms with Crippen LogP contribution in [0.3, 0.4) is 0 Å². The molecule has 1 aliphatic carbocycles. The number of amides is 1. The highest BCUT2D eigenvalue weighted by atomic mass is 16.6. The number of hydrogen-bond donors (Lipinski definition) is 2. The average molecular weight is 474 g/mol. The highest BCUT2D eigenvalue weighted by molar-refractivity contribution is 5.85. The monoisotopic (exact) mass is 473 g/mol. The molecular formula is C28H27NO6. The number of carboxylic acid groups (broad SMARTS) is 1. The first-order valence-electron chi connectivity index (χ1n) is 11.4. The first-order valence-corrected chi connectivity index (χ1v) is 11.4. The lowest BCUT2D eigenvalue weighted by Gasteiger charge is -2.26. The van der Waals surface area contributed by atoms with E-state index in [1.165, 1.54) is 0 Å². The molecule has 2 N–H and O–H groups in total. The SMILES string of the molecule is CC(C)(OC(=O)C[C@@H](NC(=O)OCC1c2ccccc2-c2ccccc21)C(=O)O)c1ccccc1. The lowest BCUT2D eigenvalue weighted by molar-refractivity contribution is -0.160. The maximum absolute atomic E-state index is 12.5. The van der Waals surface area contributed by atoms with Crippen LogP contribution in [0.15, 0.2) is 78.9 Å². The van der Waals surface area contributed by atoms with Crippen LogP contribution in [0.25, 0.3) is 11.1 Å². The Bertz CT molecular complexity index is 1190. The molecule has 0 unspecified atom stereocenters. The first kappa shape index (κ1) is 24.0. The van der Waals surface area contributed by atoms with Crippen LogP contribution in [0.2, 0.25) is 0 Å². The Hall–Kier alpha value is -4.13. The quantitative estimate of drug-likeness (QED) is 0.454. The number of benzene rings is 3. The van der Waals surface area contributed by atoms with E-state index < -0.39 is 36.1 Å². The number of aliphatic carboxylic acids is 1. The average Bonchev–Trinajstić information content (AvgIpc) is 3.16. The van der Waals surface area contributed by atoms with Gasteiger partial charge in [0.1, 0.15) is 18.2 Å². The predicted octanol–water partition coefficient (Wildman–Crippen LogP) is 4.85. The molecule has 0 fully saturated rings. The summed E-state index contributed by atoms with van der Waals surface area (Å²) in [7, 11) is 0. The molecule has 0 saturated carbocycles. The van der Waals surface area contributed by atoms with Gasteiger partial charge in [0.25, 0.3) is 0 Å². The molecule has 4 rings (SSSR count). The highest BCUT2D eigenvalue weighted by Gasteiger charge is 2.32. The number of rotatable bonds is 8. The van der Waals surface area contributed by atoms with Crippen molar-refractivity contribution in [2.45, 2.75) is 37.8 Å². The standard InChI is InChI=1S/C28H27NO6/c1-28(2,18-10-4-3-5-11-18)35-25(30)16-24(26(31)32)29-27(33)34-17-23-21-14-8-6-12-19(21)20-13-7-9-15-22(20)23/h3-15,23-24H,16-17H2,1-2H3,(H,29,33)(H,31,32)/t24-/m1/s1. The maximum atomic E-state index is 12.5. The third-order valence-electron chi connectivity index (χ3n) is 6.14. The van der Waals surface area contributed by atoms with Crippen LogP contribution in [0.4, 0.5) is 4.79 Å². The van der Waals surface area contributed by atoms with Crippen molar-refractivity contribution in [3.63, 3.8) is 0 Å². The molecule has 1 amide bonds. The molecule has 0 aromatic heterocycles. The topological polar surface area (TPSA) is 102 Å². The van der Waals surface area contributed by atoms with E-state index in [-0.39, 0.29) is 12.5 Å². The summed E-state index contributed by atoms with van der Waals surface area (Å²) >= 11 is 0. The second-order valence-electron chi connectivity index (χ2n) is 8.92. The molecule has 3 aromatic rings. The number of hydrogen-bond acceptors (Lipinski definition) is 5. The van der Waals surface area contributed by atoms with E-state index in [9.17, 15) is 19.5 Å². The molecule has 1 aliphatic rings. The van der Waals surface area contributed by atoms with Crippen LogP contribution in [0, 0.1) is 0 Å². The van der Waals surface area contributed by atoms with E-state index in [1.54, 1.807) is 13.8 Å². The van der Waals surface area contributed by atoms with Crippen molar-refractivity contribution in [2.24, 2.45) is 0 Å². The third-order valence-corrected chi connectivity index (χ3v) is 6.14. The van der Waals surface area contributed by atoms with Gasteiger partial charge < -0.3 is 19.9 Å². The minimum atomic E-state index is -1.48. The molecule has 0 heterocycles. The summed E-state index contributed by atoms with van der Waals surface area (Å²) < 4.78 is 10.9. The van der Waals surface area contributed by atoms with E-state index in [4.69, 9.17) is 9.47 Å². The Labute approximate surface area is 203 Å². The summed E-state index contributed by atoms with van der Waals surface area (Å²) in [5.41, 5.74) is 4.08. The Morgan fingerprint density at radius 2 is 1.43 bits per heavy atom. The van der Waals surface area contributed by atoms with E-state index in [0.29, 0.717) is 0 Å². The summed E-state index contributed by atoms with van der Waals surface area (Å²) in [6.07, 6.45) is -1.44. The molecule has 1 atom stereocenters. The number of nitrogens with one attached hydrogen (secondary N) is 1. The smallest absolute Gasteiger partial charge is 0.407 e. The van der Waals surface area contributed by atoms with Crippen molar-refractivity contribution in [3.05, 3.63) is 95.6 Å². The lowest BCUT2D eigenvalue weighted by Crippen LogP contribution is -2.43. The number of carboxylic acids is 1. The minimum Gasteiger partial charge on any atom is -0.480 e. The van der Waals surface area contributed by atoms with Gasteiger partial charge in [-0.2, -0.15) is 0 Å². The second-order valence-corrected chi connectivity index (χ2v) is 8.92. The number of ether oxygens (including phenoxy) is 2. The summed E-state index contributed by atoms with van der Waals surface area (Å²) in [5, 5.41) is 11.8. The van der Waals surface area contributed by atoms with E-state index in [0.717, 1.165) is 27.8 Å². The fourth-order valence-electron chi connectivity index (χ4n) is 4.37. The van der Waals surface area contributed by atoms with Crippen molar-refractivity contribution in [3.8, 4) is 11.1 Å². The number of fused-ring (bicyclic) bond motifs is 3. The summed E-state index contributed by atoms with van der Waals surface area (Å²) in [4.78, 5) is 36.7. The summed E-state index contributed by atoms with van der Waals surface area (Å²) in [5.74, 6) is -2.26. The Morgan fingerprint density at radius 3 is 2.00 bits per heavy atom. The van der Waals surface area contributed by atoms with Crippen molar-refractivity contribution in [1.29, 1.82) is 0 Å². The van der Waals surface area contributed by atoms with Crippen LogP contribution >= 0.6 is 0 Å². The van der Waals surface area contributed by atoms with Gasteiger partial charge in [0.2, 0.25) is 0 Å². The first-order chi connectivity index (χ1) is 16.8. The fraction of sp³-hybridized carbons (Fsp3) is 0.250. The molecule has 7 heteroatoms. The highest BCUT2D eigenvalue weighted by Crippen LogP contribution is 2.44. The van der Waals surface area contributed by atoms with Gasteiger partial charge in [0.15, 0.2) is 0 Å². The summed E-state index contributed by atoms with van der Waals surface area (Å²) in [6, 6.07) is 23.5. The number of carbonyl (C=O) groups is 3. The van der Waals surface area contributed by atoms with Gasteiger partial charge in [-0.05, 0) is 41.7 Å². The van der Waals surface area contributed by atoms with E-state index >= 15 is 0 Å². The van der Waals surface area contributed by atoms with Gasteiger partial charge >= 0.3 is 18.0 Å². The Morgan fingerprint density at radius 1 is 0.886 bits per heavy atom. The van der Waals surface area contributed by atoms with Gasteiger partial charge in [0.05, 0.1) is 6.42 Å². The molecule has 0 radical (unpaired) electrons. The van der Waals surface area contributed by atoms with Crippen LogP contribution in [-0.2, 0) is 24.7 Å². The van der Waals surface area contributed by atoms with Gasteiger partial charge in [-0.3, -0.25) is 4.79 Å². The van der Waals surface area contributed by atoms with Crippen LogP contribution in [-0.4, -0.2) is 35.8 Å². The maximum Gasteiger partial charge on any atom is 0.407 e. The summed E-state index contributed by atoms with van der Waals surface area (Å²) in [6.45, 7) is 3.47. The zero-order valence-corrected chi connectivity index (χ0v) is 19.6. The van der Waals surface area contributed by atoms with Crippen LogP contribution < -0.4 is 5.32 Å². The van der Waals surface area contributed by atoms with Crippen molar-refractivity contribution in [2.75, 3.05) is 6.61 Å². The molecular weight excluding hydrogens is 446 g/mol. The molecule has 0 saturated heterocycles. The normalized spacial score (nSPS) is 13.3. The van der Waals surface area contributed by atoms with Gasteiger partial charge in [0, 0.05) is 5.92 Å². The number of esters is 1. The molecule has 180 valence electrons. The van der Waals surface area contributed by atoms with Crippen LogP contribution in [0.1, 0.15) is 42.9 Å². The van der Waals surface area contributed by atoms with Gasteiger partial charge in [-0.25, -0.2) is 9.59 Å². The molecule has 7 nitrogen and oxygen atoms in total.